The van der Waals surface area contributed by atoms with Crippen molar-refractivity contribution in [3.05, 3.63) is 71.8 Å². The number of nitrogens with zero attached hydrogens (tertiary/aromatic N) is 3. The van der Waals surface area contributed by atoms with Gasteiger partial charge >= 0.3 is 6.18 Å². The zero-order valence-corrected chi connectivity index (χ0v) is 15.9. The van der Waals surface area contributed by atoms with Crippen molar-refractivity contribution in [2.75, 3.05) is 0 Å². The van der Waals surface area contributed by atoms with Gasteiger partial charge in [0.1, 0.15) is 11.5 Å². The van der Waals surface area contributed by atoms with Crippen LogP contribution in [0.4, 0.5) is 17.6 Å². The molecule has 152 valence electrons. The number of pyridine rings is 1. The minimum atomic E-state index is -4.64. The van der Waals surface area contributed by atoms with Gasteiger partial charge in [0, 0.05) is 34.9 Å². The predicted octanol–water partition coefficient (Wildman–Crippen LogP) is 6.26. The van der Waals surface area contributed by atoms with Crippen molar-refractivity contribution in [3.63, 3.8) is 0 Å². The lowest BCUT2D eigenvalue weighted by molar-refractivity contribution is -0.137. The van der Waals surface area contributed by atoms with Crippen molar-refractivity contribution in [2.45, 2.75) is 32.0 Å². The van der Waals surface area contributed by atoms with Gasteiger partial charge in [0.15, 0.2) is 0 Å². The van der Waals surface area contributed by atoms with Crippen molar-refractivity contribution in [2.24, 2.45) is 0 Å². The Hall–Kier alpha value is -3.22. The fourth-order valence-electron chi connectivity index (χ4n) is 4.18. The molecule has 2 aromatic carbocycles. The van der Waals surface area contributed by atoms with Crippen LogP contribution in [0.1, 0.15) is 24.1 Å². The van der Waals surface area contributed by atoms with E-state index < -0.39 is 17.6 Å². The highest BCUT2D eigenvalue weighted by Gasteiger charge is 2.32. The lowest BCUT2D eigenvalue weighted by Crippen LogP contribution is -2.11. The summed E-state index contributed by atoms with van der Waals surface area (Å²) >= 11 is 0. The van der Waals surface area contributed by atoms with Crippen LogP contribution >= 0.6 is 0 Å². The quantitative estimate of drug-likeness (QED) is 0.365. The van der Waals surface area contributed by atoms with Crippen LogP contribution in [0.15, 0.2) is 54.7 Å². The standard InChI is InChI=1S/C23H17F4N3/c24-16-12-14(11-15(13-16)23(25,26)27)22-21(20-7-3-4-10-30(20)29-22)18-8-9-28-19-6-2-1-5-17(18)19/h1-2,5-6,8-9,11-13H,3-4,7,10H2. The second kappa shape index (κ2) is 6.93. The molecule has 3 nitrogen and oxygen atoms in total. The summed E-state index contributed by atoms with van der Waals surface area (Å²) < 4.78 is 56.0. The largest absolute Gasteiger partial charge is 0.416 e. The zero-order valence-electron chi connectivity index (χ0n) is 15.9. The third-order valence-corrected chi connectivity index (χ3v) is 5.51. The number of fused-ring (bicyclic) bond motifs is 2. The molecule has 0 atom stereocenters. The van der Waals surface area contributed by atoms with Gasteiger partial charge in [-0.15, -0.1) is 0 Å². The normalized spacial score (nSPS) is 14.1. The zero-order chi connectivity index (χ0) is 20.9. The second-order valence-electron chi connectivity index (χ2n) is 7.45. The monoisotopic (exact) mass is 411 g/mol. The predicted molar refractivity (Wildman–Crippen MR) is 106 cm³/mol. The Kier molecular flexibility index (Phi) is 4.34. The first-order chi connectivity index (χ1) is 14.4. The first-order valence-electron chi connectivity index (χ1n) is 9.74. The third-order valence-electron chi connectivity index (χ3n) is 5.51. The topological polar surface area (TPSA) is 30.7 Å². The van der Waals surface area contributed by atoms with Crippen molar-refractivity contribution in [1.82, 2.24) is 14.8 Å². The maximum absolute atomic E-state index is 14.2. The van der Waals surface area contributed by atoms with Gasteiger partial charge in [-0.1, -0.05) is 18.2 Å². The number of para-hydroxylation sites is 1. The Morgan fingerprint density at radius 1 is 0.967 bits per heavy atom. The highest BCUT2D eigenvalue weighted by Crippen LogP contribution is 2.41. The van der Waals surface area contributed by atoms with E-state index in [0.29, 0.717) is 18.3 Å². The van der Waals surface area contributed by atoms with Gasteiger partial charge in [-0.2, -0.15) is 18.3 Å². The van der Waals surface area contributed by atoms with E-state index in [0.717, 1.165) is 59.1 Å². The van der Waals surface area contributed by atoms with Gasteiger partial charge < -0.3 is 0 Å². The number of hydrogen-bond donors (Lipinski definition) is 0. The highest BCUT2D eigenvalue weighted by molar-refractivity contribution is 5.99. The van der Waals surface area contributed by atoms with Crippen molar-refractivity contribution >= 4 is 10.9 Å². The van der Waals surface area contributed by atoms with E-state index in [9.17, 15) is 17.6 Å². The van der Waals surface area contributed by atoms with Crippen LogP contribution in [0.5, 0.6) is 0 Å². The van der Waals surface area contributed by atoms with E-state index in [2.05, 4.69) is 10.1 Å². The highest BCUT2D eigenvalue weighted by atomic mass is 19.4. The number of benzene rings is 2. The van der Waals surface area contributed by atoms with Crippen LogP contribution in [0.25, 0.3) is 33.3 Å². The summed E-state index contributed by atoms with van der Waals surface area (Å²) in [5.74, 6) is -0.934. The van der Waals surface area contributed by atoms with E-state index in [-0.39, 0.29) is 5.56 Å². The fraction of sp³-hybridized carbons (Fsp3) is 0.217. The maximum Gasteiger partial charge on any atom is 0.416 e. The lowest BCUT2D eigenvalue weighted by Gasteiger charge is -2.15. The van der Waals surface area contributed by atoms with Crippen molar-refractivity contribution in [3.8, 4) is 22.4 Å². The minimum absolute atomic E-state index is 0.125. The Morgan fingerprint density at radius 3 is 2.63 bits per heavy atom. The van der Waals surface area contributed by atoms with Gasteiger partial charge in [-0.05, 0) is 55.2 Å². The lowest BCUT2D eigenvalue weighted by atomic mass is 9.93. The molecular formula is C23H17F4N3. The van der Waals surface area contributed by atoms with Crippen molar-refractivity contribution < 1.29 is 17.6 Å². The molecule has 0 bridgehead atoms. The summed E-state index contributed by atoms with van der Waals surface area (Å²) in [5.41, 5.74) is 2.82. The molecule has 0 fully saturated rings. The molecule has 0 N–H and O–H groups in total. The van der Waals surface area contributed by atoms with Crippen molar-refractivity contribution in [1.29, 1.82) is 0 Å². The molecule has 1 aliphatic rings. The van der Waals surface area contributed by atoms with E-state index in [1.165, 1.54) is 0 Å². The molecule has 2 aromatic heterocycles. The molecule has 4 aromatic rings. The van der Waals surface area contributed by atoms with Crippen LogP contribution < -0.4 is 0 Å². The smallest absolute Gasteiger partial charge is 0.268 e. The van der Waals surface area contributed by atoms with E-state index in [1.54, 1.807) is 6.20 Å². The van der Waals surface area contributed by atoms with Gasteiger partial charge in [0.05, 0.1) is 11.1 Å². The Bertz CT molecular complexity index is 1250. The van der Waals surface area contributed by atoms with E-state index >= 15 is 0 Å². The average Bonchev–Trinajstić information content (AvgIpc) is 3.12. The number of halogens is 4. The number of rotatable bonds is 2. The summed E-state index contributed by atoms with van der Waals surface area (Å²) in [5, 5.41) is 5.52. The fourth-order valence-corrected chi connectivity index (χ4v) is 4.18. The summed E-state index contributed by atoms with van der Waals surface area (Å²) in [7, 11) is 0. The Morgan fingerprint density at radius 2 is 1.80 bits per heavy atom. The Balaban J connectivity index is 1.81. The number of alkyl halides is 3. The number of aromatic nitrogens is 3. The van der Waals surface area contributed by atoms with E-state index in [1.807, 2.05) is 35.0 Å². The molecule has 0 aliphatic carbocycles. The first kappa shape index (κ1) is 18.8. The second-order valence-corrected chi connectivity index (χ2v) is 7.45. The van der Waals surface area contributed by atoms with Gasteiger partial charge in [0.2, 0.25) is 0 Å². The number of aryl methyl sites for hydroxylation is 1. The SMILES string of the molecule is Fc1cc(-c2nn3c(c2-c2ccnc4ccccc24)CCCC3)cc(C(F)(F)F)c1. The van der Waals surface area contributed by atoms with Crippen LogP contribution in [-0.4, -0.2) is 14.8 Å². The third kappa shape index (κ3) is 3.14. The first-order valence-corrected chi connectivity index (χ1v) is 9.74. The van der Waals surface area contributed by atoms with Crippen LogP contribution in [0, 0.1) is 5.82 Å². The molecule has 30 heavy (non-hydrogen) atoms. The molecule has 0 saturated heterocycles. The summed E-state index contributed by atoms with van der Waals surface area (Å²) in [4.78, 5) is 4.39. The van der Waals surface area contributed by atoms with Crippen LogP contribution in [0.3, 0.4) is 0 Å². The average molecular weight is 411 g/mol. The van der Waals surface area contributed by atoms with Gasteiger partial charge in [-0.25, -0.2) is 4.39 Å². The molecule has 7 heteroatoms. The number of hydrogen-bond acceptors (Lipinski definition) is 2. The van der Waals surface area contributed by atoms with Gasteiger partial charge in [0.25, 0.3) is 0 Å². The van der Waals surface area contributed by atoms with Crippen LogP contribution in [0.2, 0.25) is 0 Å². The summed E-state index contributed by atoms with van der Waals surface area (Å²) in [6.45, 7) is 0.687. The van der Waals surface area contributed by atoms with E-state index in [4.69, 9.17) is 0 Å². The molecule has 3 heterocycles. The minimum Gasteiger partial charge on any atom is -0.268 e. The maximum atomic E-state index is 14.2. The summed E-state index contributed by atoms with van der Waals surface area (Å²) in [6, 6.07) is 12.1. The molecule has 0 unspecified atom stereocenters. The molecule has 5 rings (SSSR count). The molecule has 1 aliphatic heterocycles. The molecule has 0 radical (unpaired) electrons. The van der Waals surface area contributed by atoms with Gasteiger partial charge in [-0.3, -0.25) is 9.67 Å². The molecule has 0 spiro atoms. The Labute approximate surface area is 170 Å². The van der Waals surface area contributed by atoms with Crippen LogP contribution in [-0.2, 0) is 19.1 Å². The molecular weight excluding hydrogens is 394 g/mol. The molecule has 0 amide bonds. The molecule has 0 saturated carbocycles. The summed E-state index contributed by atoms with van der Waals surface area (Å²) in [6.07, 6.45) is -0.277.